The van der Waals surface area contributed by atoms with Crippen molar-refractivity contribution >= 4 is 23.0 Å². The van der Waals surface area contributed by atoms with Gasteiger partial charge in [0.05, 0.1) is 23.4 Å². The Hall–Kier alpha value is -0.970. The van der Waals surface area contributed by atoms with Gasteiger partial charge in [-0.15, -0.1) is 0 Å². The molecule has 3 rings (SSSR count). The van der Waals surface area contributed by atoms with Crippen molar-refractivity contribution < 1.29 is 4.74 Å². The van der Waals surface area contributed by atoms with E-state index in [2.05, 4.69) is 10.2 Å². The number of benzene rings is 1. The van der Waals surface area contributed by atoms with Crippen molar-refractivity contribution in [3.05, 3.63) is 23.2 Å². The van der Waals surface area contributed by atoms with Crippen LogP contribution in [0.4, 0.5) is 11.4 Å². The van der Waals surface area contributed by atoms with Crippen molar-refractivity contribution in [3.8, 4) is 0 Å². The Morgan fingerprint density at radius 2 is 2.37 bits per heavy atom. The minimum Gasteiger partial charge on any atom is -0.399 e. The van der Waals surface area contributed by atoms with Gasteiger partial charge < -0.3 is 15.8 Å². The molecule has 0 radical (unpaired) electrons. The summed E-state index contributed by atoms with van der Waals surface area (Å²) in [5.41, 5.74) is 7.29. The van der Waals surface area contributed by atoms with Crippen LogP contribution in [0.3, 0.4) is 0 Å². The summed E-state index contributed by atoms with van der Waals surface area (Å²) in [4.78, 5) is 2.54. The number of hydrogen-bond donors (Lipinski definition) is 2. The predicted molar refractivity (Wildman–Crippen MR) is 78.7 cm³/mol. The van der Waals surface area contributed by atoms with Gasteiger partial charge in [0.25, 0.3) is 0 Å². The number of ether oxygens (including phenoxy) is 1. The standard InChI is InChI=1S/C14H20ClN3O/c15-13-6-10(16)3-4-14(13)17-7-12-8-18-5-1-2-11(18)9-19-12/h3-4,6,11-12,17H,1-2,5,7-9,16H2. The number of morpholine rings is 1. The SMILES string of the molecule is Nc1ccc(NCC2CN3CCCC3CO2)c(Cl)c1. The van der Waals surface area contributed by atoms with Crippen LogP contribution in [0, 0.1) is 0 Å². The summed E-state index contributed by atoms with van der Waals surface area (Å²) in [6.45, 7) is 3.88. The normalized spacial score (nSPS) is 27.2. The molecule has 104 valence electrons. The average molecular weight is 282 g/mol. The molecule has 0 spiro atoms. The first-order chi connectivity index (χ1) is 9.22. The number of rotatable bonds is 3. The maximum absolute atomic E-state index is 6.14. The summed E-state index contributed by atoms with van der Waals surface area (Å²) >= 11 is 6.14. The second-order valence-electron chi connectivity index (χ2n) is 5.37. The van der Waals surface area contributed by atoms with Crippen molar-refractivity contribution in [2.45, 2.75) is 25.0 Å². The number of nitrogens with zero attached hydrogens (tertiary/aromatic N) is 1. The zero-order chi connectivity index (χ0) is 13.2. The Labute approximate surface area is 118 Å². The van der Waals surface area contributed by atoms with Gasteiger partial charge in [-0.25, -0.2) is 0 Å². The van der Waals surface area contributed by atoms with E-state index >= 15 is 0 Å². The summed E-state index contributed by atoms with van der Waals surface area (Å²) in [6.07, 6.45) is 2.82. The number of nitrogens with two attached hydrogens (primary N) is 1. The number of fused-ring (bicyclic) bond motifs is 1. The largest absolute Gasteiger partial charge is 0.399 e. The van der Waals surface area contributed by atoms with Crippen LogP contribution >= 0.6 is 11.6 Å². The molecule has 0 aromatic heterocycles. The van der Waals surface area contributed by atoms with Gasteiger partial charge >= 0.3 is 0 Å². The zero-order valence-electron chi connectivity index (χ0n) is 10.9. The highest BCUT2D eigenvalue weighted by Crippen LogP contribution is 2.25. The van der Waals surface area contributed by atoms with Crippen molar-refractivity contribution in [3.63, 3.8) is 0 Å². The second-order valence-corrected chi connectivity index (χ2v) is 5.77. The van der Waals surface area contributed by atoms with E-state index in [1.54, 1.807) is 6.07 Å². The highest BCUT2D eigenvalue weighted by atomic mass is 35.5. The molecule has 0 amide bonds. The molecule has 2 heterocycles. The highest BCUT2D eigenvalue weighted by molar-refractivity contribution is 6.33. The molecule has 4 nitrogen and oxygen atoms in total. The van der Waals surface area contributed by atoms with Gasteiger partial charge in [0, 0.05) is 24.8 Å². The van der Waals surface area contributed by atoms with E-state index in [-0.39, 0.29) is 6.10 Å². The summed E-state index contributed by atoms with van der Waals surface area (Å²) in [6, 6.07) is 6.18. The van der Waals surface area contributed by atoms with Crippen LogP contribution in [0.2, 0.25) is 5.02 Å². The topological polar surface area (TPSA) is 50.5 Å². The van der Waals surface area contributed by atoms with Crippen molar-refractivity contribution in [2.24, 2.45) is 0 Å². The van der Waals surface area contributed by atoms with Gasteiger partial charge in [-0.05, 0) is 37.6 Å². The number of anilines is 2. The molecule has 2 atom stereocenters. The summed E-state index contributed by atoms with van der Waals surface area (Å²) in [7, 11) is 0. The lowest BCUT2D eigenvalue weighted by molar-refractivity contribution is -0.0415. The lowest BCUT2D eigenvalue weighted by atomic mass is 10.2. The number of nitrogen functional groups attached to an aromatic ring is 1. The third kappa shape index (κ3) is 2.96. The summed E-state index contributed by atoms with van der Waals surface area (Å²) < 4.78 is 5.91. The first kappa shape index (κ1) is 13.0. The van der Waals surface area contributed by atoms with Crippen LogP contribution in [-0.4, -0.2) is 43.3 Å². The van der Waals surface area contributed by atoms with Gasteiger partial charge in [-0.2, -0.15) is 0 Å². The molecule has 0 bridgehead atoms. The third-order valence-electron chi connectivity index (χ3n) is 3.97. The Balaban J connectivity index is 1.54. The van der Waals surface area contributed by atoms with Crippen LogP contribution in [0.1, 0.15) is 12.8 Å². The van der Waals surface area contributed by atoms with Crippen LogP contribution in [0.15, 0.2) is 18.2 Å². The molecule has 2 fully saturated rings. The number of hydrogen-bond acceptors (Lipinski definition) is 4. The van der Waals surface area contributed by atoms with E-state index in [0.717, 1.165) is 25.4 Å². The quantitative estimate of drug-likeness (QED) is 0.834. The molecule has 1 aromatic rings. The first-order valence-corrected chi connectivity index (χ1v) is 7.25. The fraction of sp³-hybridized carbons (Fsp3) is 0.571. The third-order valence-corrected chi connectivity index (χ3v) is 4.29. The molecular weight excluding hydrogens is 262 g/mol. The summed E-state index contributed by atoms with van der Waals surface area (Å²) in [5, 5.41) is 4.01. The molecule has 0 aliphatic carbocycles. The smallest absolute Gasteiger partial charge is 0.0874 e. The maximum Gasteiger partial charge on any atom is 0.0874 e. The van der Waals surface area contributed by atoms with E-state index in [4.69, 9.17) is 22.1 Å². The van der Waals surface area contributed by atoms with E-state index in [9.17, 15) is 0 Å². The summed E-state index contributed by atoms with van der Waals surface area (Å²) in [5.74, 6) is 0. The molecule has 5 heteroatoms. The van der Waals surface area contributed by atoms with Gasteiger partial charge in [-0.1, -0.05) is 11.6 Å². The van der Waals surface area contributed by atoms with E-state index in [1.165, 1.54) is 19.4 Å². The Bertz CT molecular complexity index is 454. The Kier molecular flexibility index (Phi) is 3.82. The molecule has 0 saturated carbocycles. The van der Waals surface area contributed by atoms with E-state index < -0.39 is 0 Å². The fourth-order valence-electron chi connectivity index (χ4n) is 2.91. The lowest BCUT2D eigenvalue weighted by Gasteiger charge is -2.35. The van der Waals surface area contributed by atoms with Crippen LogP contribution in [-0.2, 0) is 4.74 Å². The van der Waals surface area contributed by atoms with Gasteiger partial charge in [-0.3, -0.25) is 4.90 Å². The highest BCUT2D eigenvalue weighted by Gasteiger charge is 2.31. The average Bonchev–Trinajstić information content (AvgIpc) is 2.85. The zero-order valence-corrected chi connectivity index (χ0v) is 11.7. The second kappa shape index (κ2) is 5.57. The number of halogens is 1. The predicted octanol–water partition coefficient (Wildman–Crippen LogP) is 2.20. The minimum atomic E-state index is 0.239. The number of nitrogens with one attached hydrogen (secondary N) is 1. The fourth-order valence-corrected chi connectivity index (χ4v) is 3.16. The maximum atomic E-state index is 6.14. The van der Waals surface area contributed by atoms with Gasteiger partial charge in [0.2, 0.25) is 0 Å². The molecule has 19 heavy (non-hydrogen) atoms. The van der Waals surface area contributed by atoms with Gasteiger partial charge in [0.1, 0.15) is 0 Å². The van der Waals surface area contributed by atoms with Crippen molar-refractivity contribution in [2.75, 3.05) is 37.3 Å². The lowest BCUT2D eigenvalue weighted by Crippen LogP contribution is -2.48. The molecule has 2 aliphatic heterocycles. The van der Waals surface area contributed by atoms with Crippen molar-refractivity contribution in [1.82, 2.24) is 4.90 Å². The van der Waals surface area contributed by atoms with Crippen molar-refractivity contribution in [1.29, 1.82) is 0 Å². The van der Waals surface area contributed by atoms with Crippen LogP contribution < -0.4 is 11.1 Å². The first-order valence-electron chi connectivity index (χ1n) is 6.87. The minimum absolute atomic E-state index is 0.239. The molecule has 1 aromatic carbocycles. The van der Waals surface area contributed by atoms with Crippen LogP contribution in [0.25, 0.3) is 0 Å². The monoisotopic (exact) mass is 281 g/mol. The van der Waals surface area contributed by atoms with Crippen LogP contribution in [0.5, 0.6) is 0 Å². The molecule has 3 N–H and O–H groups in total. The molecule has 2 saturated heterocycles. The molecule has 2 unspecified atom stereocenters. The Morgan fingerprint density at radius 1 is 1.47 bits per heavy atom. The van der Waals surface area contributed by atoms with E-state index in [1.807, 2.05) is 12.1 Å². The van der Waals surface area contributed by atoms with Gasteiger partial charge in [0.15, 0.2) is 0 Å². The molecule has 2 aliphatic rings. The Morgan fingerprint density at radius 3 is 3.21 bits per heavy atom. The van der Waals surface area contributed by atoms with E-state index in [0.29, 0.717) is 16.8 Å². The molecular formula is C14H20ClN3O.